The molecule has 4 nitrogen and oxygen atoms in total. The van der Waals surface area contributed by atoms with Gasteiger partial charge in [0.05, 0.1) is 12.5 Å². The summed E-state index contributed by atoms with van der Waals surface area (Å²) in [5.74, 6) is -0.818. The number of halogens is 4. The Morgan fingerprint density at radius 3 is 2.38 bits per heavy atom. The number of aliphatic hydroxyl groups excluding tert-OH is 1. The number of carbonyl (C=O) groups is 1. The summed E-state index contributed by atoms with van der Waals surface area (Å²) in [7, 11) is 0. The molecule has 2 rings (SSSR count). The van der Waals surface area contributed by atoms with Gasteiger partial charge in [0, 0.05) is 18.2 Å². The third-order valence-corrected chi connectivity index (χ3v) is 4.01. The van der Waals surface area contributed by atoms with E-state index in [9.17, 15) is 27.5 Å². The van der Waals surface area contributed by atoms with Crippen molar-refractivity contribution in [1.29, 1.82) is 0 Å². The predicted octanol–water partition coefficient (Wildman–Crippen LogP) is 2.79. The molecule has 1 aliphatic rings. The Hall–Kier alpha value is -1.67. The van der Waals surface area contributed by atoms with Gasteiger partial charge in [0.25, 0.3) is 0 Å². The number of aliphatic hydroxyl groups is 1. The van der Waals surface area contributed by atoms with Crippen molar-refractivity contribution < 1.29 is 27.5 Å². The quantitative estimate of drug-likeness (QED) is 0.805. The molecule has 0 radical (unpaired) electrons. The topological polar surface area (TPSA) is 52.6 Å². The molecule has 1 fully saturated rings. The maximum Gasteiger partial charge on any atom is 0.391 e. The monoisotopic (exact) mass is 348 g/mol. The molecule has 1 saturated heterocycles. The number of benzene rings is 1. The highest BCUT2D eigenvalue weighted by Gasteiger charge is 2.33. The number of β-amino-alcohol motifs (C(OH)–C–C–N with tert-alkyl or cyclic N) is 1. The summed E-state index contributed by atoms with van der Waals surface area (Å²) >= 11 is 0. The first-order chi connectivity index (χ1) is 11.2. The van der Waals surface area contributed by atoms with Crippen molar-refractivity contribution in [2.75, 3.05) is 25.0 Å². The molecule has 1 atom stereocenters. The number of hydrogen-bond acceptors (Lipinski definition) is 3. The Bertz CT molecular complexity index is 540. The summed E-state index contributed by atoms with van der Waals surface area (Å²) in [5.41, 5.74) is 0.504. The molecule has 0 spiro atoms. The molecule has 1 aromatic carbocycles. The molecule has 0 bridgehead atoms. The Morgan fingerprint density at radius 2 is 1.83 bits per heavy atom. The molecule has 8 heteroatoms. The highest BCUT2D eigenvalue weighted by molar-refractivity contribution is 5.92. The zero-order chi connectivity index (χ0) is 17.7. The van der Waals surface area contributed by atoms with Crippen molar-refractivity contribution in [3.8, 4) is 0 Å². The van der Waals surface area contributed by atoms with Crippen molar-refractivity contribution in [3.05, 3.63) is 30.1 Å². The van der Waals surface area contributed by atoms with E-state index in [1.165, 1.54) is 24.3 Å². The van der Waals surface area contributed by atoms with Crippen LogP contribution >= 0.6 is 0 Å². The average molecular weight is 348 g/mol. The van der Waals surface area contributed by atoms with Crippen LogP contribution in [-0.2, 0) is 4.79 Å². The summed E-state index contributed by atoms with van der Waals surface area (Å²) in [6, 6.07) is 5.44. The SMILES string of the molecule is O=C(Nc1ccc(F)cc1)C1CCN(C[C@@H](O)CC(F)(F)F)CC1. The average Bonchev–Trinajstić information content (AvgIpc) is 2.48. The summed E-state index contributed by atoms with van der Waals surface area (Å²) in [6.45, 7) is 0.860. The van der Waals surface area contributed by atoms with E-state index in [0.29, 0.717) is 31.6 Å². The third kappa shape index (κ3) is 6.09. The van der Waals surface area contributed by atoms with Crippen LogP contribution in [0, 0.1) is 11.7 Å². The highest BCUT2D eigenvalue weighted by atomic mass is 19.4. The summed E-state index contributed by atoms with van der Waals surface area (Å²) in [5, 5.41) is 12.2. The number of likely N-dealkylation sites (tertiary alicyclic amines) is 1. The molecule has 0 unspecified atom stereocenters. The fourth-order valence-corrected chi connectivity index (χ4v) is 2.79. The van der Waals surface area contributed by atoms with Gasteiger partial charge in [0.2, 0.25) is 5.91 Å². The van der Waals surface area contributed by atoms with Crippen molar-refractivity contribution in [2.24, 2.45) is 5.92 Å². The van der Waals surface area contributed by atoms with Gasteiger partial charge in [-0.2, -0.15) is 13.2 Å². The number of carbonyl (C=O) groups excluding carboxylic acids is 1. The van der Waals surface area contributed by atoms with Gasteiger partial charge in [-0.15, -0.1) is 0 Å². The van der Waals surface area contributed by atoms with E-state index in [4.69, 9.17) is 0 Å². The van der Waals surface area contributed by atoms with E-state index in [2.05, 4.69) is 5.32 Å². The van der Waals surface area contributed by atoms with Gasteiger partial charge in [-0.25, -0.2) is 4.39 Å². The minimum absolute atomic E-state index is 0.0498. The van der Waals surface area contributed by atoms with Gasteiger partial charge >= 0.3 is 6.18 Å². The first kappa shape index (κ1) is 18.7. The van der Waals surface area contributed by atoms with E-state index in [0.717, 1.165) is 0 Å². The van der Waals surface area contributed by atoms with Gasteiger partial charge in [-0.05, 0) is 50.2 Å². The van der Waals surface area contributed by atoms with Gasteiger partial charge in [0.15, 0.2) is 0 Å². The van der Waals surface area contributed by atoms with Crippen LogP contribution in [0.2, 0.25) is 0 Å². The van der Waals surface area contributed by atoms with Crippen LogP contribution < -0.4 is 5.32 Å². The molecule has 0 aromatic heterocycles. The number of alkyl halides is 3. The zero-order valence-electron chi connectivity index (χ0n) is 13.0. The number of anilines is 1. The maximum atomic E-state index is 12.8. The fourth-order valence-electron chi connectivity index (χ4n) is 2.79. The number of hydrogen-bond donors (Lipinski definition) is 2. The minimum Gasteiger partial charge on any atom is -0.391 e. The number of rotatable bonds is 5. The van der Waals surface area contributed by atoms with Gasteiger partial charge in [-0.1, -0.05) is 0 Å². The second-order valence-corrected chi connectivity index (χ2v) is 6.04. The van der Waals surface area contributed by atoms with Crippen LogP contribution in [0.25, 0.3) is 0 Å². The number of amides is 1. The summed E-state index contributed by atoms with van der Waals surface area (Å²) in [6.07, 6.45) is -6.04. The van der Waals surface area contributed by atoms with E-state index in [1.54, 1.807) is 4.90 Å². The molecular weight excluding hydrogens is 328 g/mol. The van der Waals surface area contributed by atoms with Crippen LogP contribution in [0.3, 0.4) is 0 Å². The minimum atomic E-state index is -4.38. The second kappa shape index (κ2) is 7.94. The number of piperidine rings is 1. The molecule has 24 heavy (non-hydrogen) atoms. The van der Waals surface area contributed by atoms with E-state index in [-0.39, 0.29) is 18.4 Å². The first-order valence-corrected chi connectivity index (χ1v) is 7.76. The molecule has 1 heterocycles. The lowest BCUT2D eigenvalue weighted by Crippen LogP contribution is -2.42. The third-order valence-electron chi connectivity index (χ3n) is 4.01. The normalized spacial score (nSPS) is 18.4. The molecule has 2 N–H and O–H groups in total. The predicted molar refractivity (Wildman–Crippen MR) is 80.9 cm³/mol. The van der Waals surface area contributed by atoms with Crippen molar-refractivity contribution in [2.45, 2.75) is 31.5 Å². The van der Waals surface area contributed by atoms with E-state index < -0.39 is 24.5 Å². The summed E-state index contributed by atoms with van der Waals surface area (Å²) in [4.78, 5) is 13.9. The van der Waals surface area contributed by atoms with Crippen LogP contribution in [-0.4, -0.2) is 47.8 Å². The maximum absolute atomic E-state index is 12.8. The van der Waals surface area contributed by atoms with Gasteiger partial charge in [-0.3, -0.25) is 4.79 Å². The molecule has 0 saturated carbocycles. The highest BCUT2D eigenvalue weighted by Crippen LogP contribution is 2.24. The lowest BCUT2D eigenvalue weighted by molar-refractivity contribution is -0.155. The van der Waals surface area contributed by atoms with Crippen LogP contribution in [0.4, 0.5) is 23.2 Å². The van der Waals surface area contributed by atoms with Crippen LogP contribution in [0.1, 0.15) is 19.3 Å². The number of nitrogens with zero attached hydrogens (tertiary/aromatic N) is 1. The van der Waals surface area contributed by atoms with E-state index >= 15 is 0 Å². The summed E-state index contributed by atoms with van der Waals surface area (Å²) < 4.78 is 49.4. The van der Waals surface area contributed by atoms with Crippen LogP contribution in [0.5, 0.6) is 0 Å². The molecule has 134 valence electrons. The molecular formula is C16H20F4N2O2. The van der Waals surface area contributed by atoms with Crippen molar-refractivity contribution >= 4 is 11.6 Å². The van der Waals surface area contributed by atoms with Crippen LogP contribution in [0.15, 0.2) is 24.3 Å². The fraction of sp³-hybridized carbons (Fsp3) is 0.562. The van der Waals surface area contributed by atoms with Gasteiger partial charge < -0.3 is 15.3 Å². The zero-order valence-corrected chi connectivity index (χ0v) is 13.0. The second-order valence-electron chi connectivity index (χ2n) is 6.04. The molecule has 1 aliphatic heterocycles. The van der Waals surface area contributed by atoms with Gasteiger partial charge in [0.1, 0.15) is 5.82 Å². The Labute approximate surface area is 137 Å². The standard InChI is InChI=1S/C16H20F4N2O2/c17-12-1-3-13(4-2-12)21-15(24)11-5-7-22(8-6-11)10-14(23)9-16(18,19)20/h1-4,11,14,23H,5-10H2,(H,21,24)/t14-/m0/s1. The number of nitrogens with one attached hydrogen (secondary N) is 1. The Morgan fingerprint density at radius 1 is 1.25 bits per heavy atom. The lowest BCUT2D eigenvalue weighted by Gasteiger charge is -2.32. The lowest BCUT2D eigenvalue weighted by atomic mass is 9.95. The Balaban J connectivity index is 1.75. The van der Waals surface area contributed by atoms with Crippen molar-refractivity contribution in [3.63, 3.8) is 0 Å². The van der Waals surface area contributed by atoms with Crippen molar-refractivity contribution in [1.82, 2.24) is 4.90 Å². The Kier molecular flexibility index (Phi) is 6.17. The van der Waals surface area contributed by atoms with E-state index in [1.807, 2.05) is 0 Å². The molecule has 1 aromatic rings. The first-order valence-electron chi connectivity index (χ1n) is 7.76. The molecule has 1 amide bonds. The molecule has 0 aliphatic carbocycles. The largest absolute Gasteiger partial charge is 0.391 e. The smallest absolute Gasteiger partial charge is 0.391 e.